The Hall–Kier alpha value is -1.96. The van der Waals surface area contributed by atoms with Gasteiger partial charge in [0.25, 0.3) is 5.91 Å². The molecule has 0 saturated carbocycles. The van der Waals surface area contributed by atoms with Gasteiger partial charge in [-0.25, -0.2) is 9.37 Å². The zero-order valence-electron chi connectivity index (χ0n) is 15.0. The minimum atomic E-state index is -0.351. The number of carbonyl (C=O) groups excluding carboxylic acids is 1. The number of carbonyl (C=O) groups is 1. The van der Waals surface area contributed by atoms with E-state index in [0.29, 0.717) is 17.2 Å². The van der Waals surface area contributed by atoms with Gasteiger partial charge in [0.2, 0.25) is 0 Å². The lowest BCUT2D eigenvalue weighted by molar-refractivity contribution is -0.856. The molecule has 2 aromatic carbocycles. The minimum absolute atomic E-state index is 0.156. The molecule has 7 heteroatoms. The molecule has 0 aliphatic carbocycles. The Morgan fingerprint density at radius 1 is 1.23 bits per heavy atom. The van der Waals surface area contributed by atoms with Gasteiger partial charge >= 0.3 is 0 Å². The monoisotopic (exact) mass is 390 g/mol. The first-order valence-corrected chi connectivity index (χ1v) is 10.3. The first-order chi connectivity index (χ1) is 12.5. The number of fused-ring (bicyclic) bond motifs is 1. The van der Waals surface area contributed by atoms with Gasteiger partial charge in [0.15, 0.2) is 5.13 Å². The van der Waals surface area contributed by atoms with E-state index >= 15 is 0 Å². The Kier molecular flexibility index (Phi) is 5.90. The van der Waals surface area contributed by atoms with Crippen molar-refractivity contribution in [1.29, 1.82) is 0 Å². The Balaban J connectivity index is 2.00. The number of quaternary nitrogens is 1. The lowest BCUT2D eigenvalue weighted by Gasteiger charge is -2.20. The van der Waals surface area contributed by atoms with E-state index in [9.17, 15) is 9.18 Å². The van der Waals surface area contributed by atoms with Gasteiger partial charge in [0.1, 0.15) is 5.82 Å². The second kappa shape index (κ2) is 8.16. The fourth-order valence-electron chi connectivity index (χ4n) is 2.56. The maximum atomic E-state index is 13.2. The zero-order valence-corrected chi connectivity index (χ0v) is 16.6. The molecule has 0 bridgehead atoms. The van der Waals surface area contributed by atoms with Crippen LogP contribution in [-0.2, 0) is 0 Å². The number of benzene rings is 2. The normalized spacial score (nSPS) is 11.3. The summed E-state index contributed by atoms with van der Waals surface area (Å²) in [5, 5.41) is 0.678. The smallest absolute Gasteiger partial charge is 0.260 e. The van der Waals surface area contributed by atoms with Gasteiger partial charge in [0.05, 0.1) is 37.4 Å². The molecular formula is C19H21FN3OS2+. The van der Waals surface area contributed by atoms with Crippen molar-refractivity contribution in [3.63, 3.8) is 0 Å². The van der Waals surface area contributed by atoms with Crippen LogP contribution in [0.3, 0.4) is 0 Å². The van der Waals surface area contributed by atoms with Gasteiger partial charge in [-0.1, -0.05) is 17.4 Å². The number of amides is 1. The maximum Gasteiger partial charge on any atom is 0.260 e. The fourth-order valence-corrected chi connectivity index (χ4v) is 4.20. The van der Waals surface area contributed by atoms with Crippen LogP contribution in [0.25, 0.3) is 10.2 Å². The first kappa shape index (κ1) is 18.8. The predicted octanol–water partition coefficient (Wildman–Crippen LogP) is 2.95. The van der Waals surface area contributed by atoms with E-state index < -0.39 is 0 Å². The Labute approximate surface area is 160 Å². The van der Waals surface area contributed by atoms with Gasteiger partial charge in [-0.05, 0) is 42.7 Å². The molecule has 0 saturated heterocycles. The van der Waals surface area contributed by atoms with Crippen molar-refractivity contribution in [2.75, 3.05) is 38.3 Å². The molecular weight excluding hydrogens is 369 g/mol. The molecule has 1 amide bonds. The number of thiazole rings is 1. The van der Waals surface area contributed by atoms with E-state index in [-0.39, 0.29) is 11.7 Å². The van der Waals surface area contributed by atoms with Crippen molar-refractivity contribution in [2.45, 2.75) is 4.90 Å². The molecule has 1 N–H and O–H groups in total. The standard InChI is InChI=1S/C19H20FN3OS2/c1-22(2)11-12-23(18(24)13-7-9-14(20)10-8-13)19-21-17-15(25-3)5-4-6-16(17)26-19/h4-10H,11-12H2,1-3H3/p+1. The Bertz CT molecular complexity index is 909. The van der Waals surface area contributed by atoms with Gasteiger partial charge in [-0.15, -0.1) is 11.8 Å². The number of halogens is 1. The minimum Gasteiger partial charge on any atom is -0.338 e. The number of thioether (sulfide) groups is 1. The van der Waals surface area contributed by atoms with Gasteiger partial charge < -0.3 is 4.90 Å². The summed E-state index contributed by atoms with van der Waals surface area (Å²) in [6, 6.07) is 11.7. The highest BCUT2D eigenvalue weighted by atomic mass is 32.2. The Morgan fingerprint density at radius 2 is 1.96 bits per heavy atom. The summed E-state index contributed by atoms with van der Waals surface area (Å²) in [6.07, 6.45) is 2.02. The van der Waals surface area contributed by atoms with Crippen LogP contribution in [0, 0.1) is 5.82 Å². The van der Waals surface area contributed by atoms with E-state index in [1.54, 1.807) is 16.7 Å². The molecule has 26 heavy (non-hydrogen) atoms. The van der Waals surface area contributed by atoms with Crippen molar-refractivity contribution < 1.29 is 14.1 Å². The van der Waals surface area contributed by atoms with Crippen molar-refractivity contribution in [3.8, 4) is 0 Å². The molecule has 136 valence electrons. The summed E-state index contributed by atoms with van der Waals surface area (Å²) in [6.45, 7) is 1.34. The molecule has 0 unspecified atom stereocenters. The molecule has 0 aliphatic heterocycles. The van der Waals surface area contributed by atoms with Crippen LogP contribution in [0.5, 0.6) is 0 Å². The van der Waals surface area contributed by atoms with Crippen LogP contribution in [0.15, 0.2) is 47.4 Å². The van der Waals surface area contributed by atoms with E-state index in [1.807, 2.05) is 38.6 Å². The number of nitrogens with zero attached hydrogens (tertiary/aromatic N) is 2. The van der Waals surface area contributed by atoms with E-state index in [0.717, 1.165) is 21.7 Å². The maximum absolute atomic E-state index is 13.2. The molecule has 0 fully saturated rings. The third kappa shape index (κ3) is 4.06. The number of hydrogen-bond acceptors (Lipinski definition) is 4. The molecule has 0 spiro atoms. The lowest BCUT2D eigenvalue weighted by Crippen LogP contribution is -3.06. The Morgan fingerprint density at radius 3 is 2.62 bits per heavy atom. The highest BCUT2D eigenvalue weighted by Gasteiger charge is 2.22. The average Bonchev–Trinajstić information content (AvgIpc) is 3.05. The second-order valence-electron chi connectivity index (χ2n) is 6.22. The van der Waals surface area contributed by atoms with E-state index in [1.165, 1.54) is 40.5 Å². The number of rotatable bonds is 6. The van der Waals surface area contributed by atoms with Crippen molar-refractivity contribution in [1.82, 2.24) is 4.98 Å². The quantitative estimate of drug-likeness (QED) is 0.658. The summed E-state index contributed by atoms with van der Waals surface area (Å²) >= 11 is 3.15. The summed E-state index contributed by atoms with van der Waals surface area (Å²) in [4.78, 5) is 21.8. The number of anilines is 1. The van der Waals surface area contributed by atoms with Crippen LogP contribution in [-0.4, -0.2) is 44.3 Å². The van der Waals surface area contributed by atoms with Crippen LogP contribution in [0.1, 0.15) is 10.4 Å². The molecule has 1 heterocycles. The number of hydrogen-bond donors (Lipinski definition) is 1. The van der Waals surface area contributed by atoms with Gasteiger partial charge in [-0.2, -0.15) is 0 Å². The summed E-state index contributed by atoms with van der Waals surface area (Å²) in [7, 11) is 4.09. The molecule has 1 aromatic heterocycles. The third-order valence-electron chi connectivity index (χ3n) is 3.99. The predicted molar refractivity (Wildman–Crippen MR) is 107 cm³/mol. The molecule has 3 aromatic rings. The van der Waals surface area contributed by atoms with Crippen molar-refractivity contribution in [3.05, 3.63) is 53.8 Å². The number of aromatic nitrogens is 1. The largest absolute Gasteiger partial charge is 0.338 e. The van der Waals surface area contributed by atoms with Crippen LogP contribution >= 0.6 is 23.1 Å². The van der Waals surface area contributed by atoms with E-state index in [4.69, 9.17) is 4.98 Å². The summed E-state index contributed by atoms with van der Waals surface area (Å²) < 4.78 is 14.3. The number of nitrogens with one attached hydrogen (secondary N) is 1. The molecule has 0 atom stereocenters. The van der Waals surface area contributed by atoms with E-state index in [2.05, 4.69) is 0 Å². The fraction of sp³-hybridized carbons (Fsp3) is 0.263. The molecule has 4 nitrogen and oxygen atoms in total. The SMILES string of the molecule is CSc1cccc2sc(N(CC[NH+](C)C)C(=O)c3ccc(F)cc3)nc12. The first-order valence-electron chi connectivity index (χ1n) is 8.29. The highest BCUT2D eigenvalue weighted by molar-refractivity contribution is 7.98. The number of para-hydroxylation sites is 1. The molecule has 3 rings (SSSR count). The van der Waals surface area contributed by atoms with Crippen molar-refractivity contribution in [2.24, 2.45) is 0 Å². The average molecular weight is 391 g/mol. The topological polar surface area (TPSA) is 37.6 Å². The number of likely N-dealkylation sites (N-methyl/N-ethyl adjacent to an activating group) is 1. The molecule has 0 radical (unpaired) electrons. The lowest BCUT2D eigenvalue weighted by atomic mass is 10.2. The van der Waals surface area contributed by atoms with Gasteiger partial charge in [0, 0.05) is 10.5 Å². The van der Waals surface area contributed by atoms with Gasteiger partial charge in [-0.3, -0.25) is 9.69 Å². The summed E-state index contributed by atoms with van der Waals surface area (Å²) in [5.41, 5.74) is 1.39. The van der Waals surface area contributed by atoms with Crippen LogP contribution in [0.4, 0.5) is 9.52 Å². The zero-order chi connectivity index (χ0) is 18.7. The third-order valence-corrected chi connectivity index (χ3v) is 5.81. The van der Waals surface area contributed by atoms with Crippen molar-refractivity contribution >= 4 is 44.4 Å². The molecule has 0 aliphatic rings. The summed E-state index contributed by atoms with van der Waals surface area (Å²) in [5.74, 6) is -0.508. The second-order valence-corrected chi connectivity index (χ2v) is 8.08. The van der Waals surface area contributed by atoms with Crippen LogP contribution < -0.4 is 9.80 Å². The highest BCUT2D eigenvalue weighted by Crippen LogP contribution is 2.34. The van der Waals surface area contributed by atoms with Crippen LogP contribution in [0.2, 0.25) is 0 Å².